The highest BCUT2D eigenvalue weighted by Crippen LogP contribution is 2.37. The highest BCUT2D eigenvalue weighted by atomic mass is 35.5. The molecular weight excluding hydrogens is 503 g/mol. The van der Waals surface area contributed by atoms with Gasteiger partial charge < -0.3 is 13.9 Å². The monoisotopic (exact) mass is 528 g/mol. The standard InChI is InChI=1S/C25H26Cl2N4O3Si/c1-25(2,3)35(17-10-6-4-7-11-17,18-12-8-5-9-13-18)33-15-20-32-14-19(34-20)31-16-28-21-22(26)29-24(27)30-23(21)31/h4-13,16,19-20H,14-15H2,1-3H3/t19-,20-/m1/s1. The second-order valence-electron chi connectivity index (χ2n) is 9.44. The average Bonchev–Trinajstić information content (AvgIpc) is 3.47. The summed E-state index contributed by atoms with van der Waals surface area (Å²) in [5.41, 5.74) is 0.962. The van der Waals surface area contributed by atoms with Crippen molar-refractivity contribution in [1.29, 1.82) is 0 Å². The van der Waals surface area contributed by atoms with Gasteiger partial charge in [-0.1, -0.05) is 93.0 Å². The maximum atomic E-state index is 6.94. The number of rotatable bonds is 6. The quantitative estimate of drug-likeness (QED) is 0.207. The van der Waals surface area contributed by atoms with Crippen molar-refractivity contribution in [2.45, 2.75) is 38.3 Å². The lowest BCUT2D eigenvalue weighted by Crippen LogP contribution is -2.67. The average molecular weight is 530 g/mol. The molecule has 1 saturated heterocycles. The smallest absolute Gasteiger partial charge is 0.261 e. The van der Waals surface area contributed by atoms with Crippen LogP contribution < -0.4 is 10.4 Å². The molecule has 0 amide bonds. The fourth-order valence-corrected chi connectivity index (χ4v) is 9.66. The van der Waals surface area contributed by atoms with Crippen LogP contribution in [0.2, 0.25) is 15.5 Å². The summed E-state index contributed by atoms with van der Waals surface area (Å²) in [6.07, 6.45) is 0.627. The second kappa shape index (κ2) is 9.61. The minimum atomic E-state index is -2.70. The van der Waals surface area contributed by atoms with Crippen LogP contribution >= 0.6 is 23.2 Å². The number of ether oxygens (including phenoxy) is 2. The van der Waals surface area contributed by atoms with Crippen LogP contribution in [-0.2, 0) is 13.9 Å². The van der Waals surface area contributed by atoms with Gasteiger partial charge in [-0.2, -0.15) is 4.98 Å². The number of benzene rings is 2. The molecule has 4 aromatic rings. The Morgan fingerprint density at radius 3 is 2.23 bits per heavy atom. The predicted molar refractivity (Wildman–Crippen MR) is 139 cm³/mol. The van der Waals surface area contributed by atoms with Gasteiger partial charge in [-0.05, 0) is 27.0 Å². The minimum Gasteiger partial charge on any atom is -0.402 e. The minimum absolute atomic E-state index is 0.0507. The summed E-state index contributed by atoms with van der Waals surface area (Å²) in [5.74, 6) is 0. The zero-order valence-corrected chi connectivity index (χ0v) is 22.2. The predicted octanol–water partition coefficient (Wildman–Crippen LogP) is 4.58. The summed E-state index contributed by atoms with van der Waals surface area (Å²) in [5, 5.41) is 2.52. The van der Waals surface area contributed by atoms with Gasteiger partial charge in [0.15, 0.2) is 23.3 Å². The molecule has 1 aliphatic heterocycles. The number of hydrogen-bond donors (Lipinski definition) is 0. The van der Waals surface area contributed by atoms with E-state index in [2.05, 4.69) is 84.3 Å². The van der Waals surface area contributed by atoms with Crippen LogP contribution in [0.25, 0.3) is 11.2 Å². The van der Waals surface area contributed by atoms with Gasteiger partial charge in [0.05, 0.1) is 19.5 Å². The van der Waals surface area contributed by atoms with Gasteiger partial charge in [0.2, 0.25) is 5.28 Å². The van der Waals surface area contributed by atoms with Gasteiger partial charge >= 0.3 is 0 Å². The topological polar surface area (TPSA) is 71.3 Å². The highest BCUT2D eigenvalue weighted by Gasteiger charge is 2.50. The van der Waals surface area contributed by atoms with E-state index in [1.807, 2.05) is 12.1 Å². The molecule has 0 bridgehead atoms. The molecule has 0 radical (unpaired) electrons. The van der Waals surface area contributed by atoms with Crippen molar-refractivity contribution in [3.8, 4) is 0 Å². The van der Waals surface area contributed by atoms with Gasteiger partial charge in [-0.15, -0.1) is 0 Å². The molecule has 2 aromatic heterocycles. The summed E-state index contributed by atoms with van der Waals surface area (Å²) in [6, 6.07) is 21.0. The highest BCUT2D eigenvalue weighted by molar-refractivity contribution is 6.99. The Morgan fingerprint density at radius 1 is 1.00 bits per heavy atom. The first-order valence-electron chi connectivity index (χ1n) is 11.4. The van der Waals surface area contributed by atoms with Gasteiger partial charge in [0.25, 0.3) is 8.32 Å². The fraction of sp³-hybridized carbons (Fsp3) is 0.320. The van der Waals surface area contributed by atoms with Crippen molar-refractivity contribution < 1.29 is 13.9 Å². The molecule has 0 spiro atoms. The largest absolute Gasteiger partial charge is 0.402 e. The zero-order chi connectivity index (χ0) is 24.6. The fourth-order valence-electron chi connectivity index (χ4n) is 4.70. The molecule has 0 aliphatic carbocycles. The lowest BCUT2D eigenvalue weighted by Gasteiger charge is -2.43. The number of halogens is 2. The van der Waals surface area contributed by atoms with Gasteiger partial charge in [-0.25, -0.2) is 9.97 Å². The number of imidazole rings is 1. The molecule has 0 unspecified atom stereocenters. The molecular formula is C25H26Cl2N4O3Si. The van der Waals surface area contributed by atoms with Crippen LogP contribution in [0.15, 0.2) is 67.0 Å². The van der Waals surface area contributed by atoms with Crippen LogP contribution in [0.4, 0.5) is 0 Å². The van der Waals surface area contributed by atoms with E-state index in [4.69, 9.17) is 37.1 Å². The van der Waals surface area contributed by atoms with E-state index in [-0.39, 0.29) is 22.1 Å². The Kier molecular flexibility index (Phi) is 6.69. The van der Waals surface area contributed by atoms with E-state index in [1.54, 1.807) is 10.9 Å². The molecule has 2 aromatic carbocycles. The number of fused-ring (bicyclic) bond motifs is 1. The summed E-state index contributed by atoms with van der Waals surface area (Å²) in [4.78, 5) is 12.5. The Bertz CT molecular complexity index is 1280. The van der Waals surface area contributed by atoms with Crippen molar-refractivity contribution >= 4 is 53.1 Å². The Balaban J connectivity index is 1.42. The second-order valence-corrected chi connectivity index (χ2v) is 14.4. The third kappa shape index (κ3) is 4.50. The normalized spacial score (nSPS) is 18.9. The number of hydrogen-bond acceptors (Lipinski definition) is 6. The van der Waals surface area contributed by atoms with Crippen LogP contribution in [0.1, 0.15) is 27.0 Å². The van der Waals surface area contributed by atoms with Gasteiger partial charge in [0, 0.05) is 0 Å². The molecule has 0 saturated carbocycles. The molecule has 7 nitrogen and oxygen atoms in total. The first-order valence-corrected chi connectivity index (χ1v) is 14.0. The molecule has 2 atom stereocenters. The van der Waals surface area contributed by atoms with Crippen molar-refractivity contribution in [3.63, 3.8) is 0 Å². The zero-order valence-electron chi connectivity index (χ0n) is 19.7. The molecule has 1 aliphatic rings. The van der Waals surface area contributed by atoms with E-state index >= 15 is 0 Å². The summed E-state index contributed by atoms with van der Waals surface area (Å²) < 4.78 is 20.9. The third-order valence-electron chi connectivity index (χ3n) is 6.25. The third-order valence-corrected chi connectivity index (χ3v) is 11.7. The maximum Gasteiger partial charge on any atom is 0.261 e. The van der Waals surface area contributed by atoms with Crippen LogP contribution in [0.5, 0.6) is 0 Å². The van der Waals surface area contributed by atoms with Crippen molar-refractivity contribution in [2.75, 3.05) is 13.2 Å². The van der Waals surface area contributed by atoms with E-state index in [9.17, 15) is 0 Å². The first-order chi connectivity index (χ1) is 16.8. The van der Waals surface area contributed by atoms with Crippen molar-refractivity contribution in [2.24, 2.45) is 0 Å². The maximum absolute atomic E-state index is 6.94. The first kappa shape index (κ1) is 24.4. The number of nitrogens with zero attached hydrogens (tertiary/aromatic N) is 4. The van der Waals surface area contributed by atoms with Crippen molar-refractivity contribution in [3.05, 3.63) is 77.4 Å². The Hall–Kier alpha value is -2.33. The Morgan fingerprint density at radius 2 is 1.63 bits per heavy atom. The van der Waals surface area contributed by atoms with Crippen LogP contribution in [0.3, 0.4) is 0 Å². The van der Waals surface area contributed by atoms with E-state index in [1.165, 1.54) is 10.4 Å². The van der Waals surface area contributed by atoms with Crippen LogP contribution in [-0.4, -0.2) is 47.3 Å². The molecule has 5 rings (SSSR count). The van der Waals surface area contributed by atoms with Gasteiger partial charge in [0.1, 0.15) is 5.52 Å². The van der Waals surface area contributed by atoms with Crippen LogP contribution in [0, 0.1) is 0 Å². The van der Waals surface area contributed by atoms with Crippen molar-refractivity contribution in [1.82, 2.24) is 19.5 Å². The van der Waals surface area contributed by atoms with E-state index in [0.29, 0.717) is 17.8 Å². The summed E-state index contributed by atoms with van der Waals surface area (Å²) in [6.45, 7) is 7.32. The SMILES string of the molecule is CC(C)(C)[Si](OC[C@@H]1OC[C@H](n2cnc3c(Cl)nc(Cl)nc32)O1)(c1ccccc1)c1ccccc1. The molecule has 35 heavy (non-hydrogen) atoms. The molecule has 10 heteroatoms. The van der Waals surface area contributed by atoms with E-state index < -0.39 is 20.8 Å². The molecule has 182 valence electrons. The lowest BCUT2D eigenvalue weighted by molar-refractivity contribution is -0.0943. The Labute approximate surface area is 215 Å². The lowest BCUT2D eigenvalue weighted by atomic mass is 10.2. The molecule has 0 N–H and O–H groups in total. The van der Waals surface area contributed by atoms with E-state index in [0.717, 1.165) is 0 Å². The van der Waals surface area contributed by atoms with Gasteiger partial charge in [-0.3, -0.25) is 4.57 Å². The summed E-state index contributed by atoms with van der Waals surface area (Å²) >= 11 is 12.2. The molecule has 1 fully saturated rings. The summed E-state index contributed by atoms with van der Waals surface area (Å²) in [7, 11) is -2.70. The number of aromatic nitrogens is 4. The molecule has 3 heterocycles.